The maximum absolute atomic E-state index is 13.3. The molecule has 24 heavy (non-hydrogen) atoms. The summed E-state index contributed by atoms with van der Waals surface area (Å²) < 4.78 is 33.0. The molecule has 0 saturated carbocycles. The zero-order valence-electron chi connectivity index (χ0n) is 13.4. The van der Waals surface area contributed by atoms with Gasteiger partial charge in [-0.2, -0.15) is 0 Å². The van der Waals surface area contributed by atoms with Crippen LogP contribution in [0.5, 0.6) is 23.0 Å². The molecule has 0 spiro atoms. The zero-order chi connectivity index (χ0) is 17.8. The van der Waals surface area contributed by atoms with Crippen molar-refractivity contribution in [1.82, 2.24) is 0 Å². The third-order valence-electron chi connectivity index (χ3n) is 3.06. The lowest BCUT2D eigenvalue weighted by atomic mass is 10.3. The minimum atomic E-state index is -4.06. The topological polar surface area (TPSA) is 54.0 Å². The molecule has 0 aliphatic heterocycles. The van der Waals surface area contributed by atoms with Crippen molar-refractivity contribution in [2.45, 2.75) is 11.0 Å². The van der Waals surface area contributed by atoms with Gasteiger partial charge in [0.25, 0.3) is 0 Å². The van der Waals surface area contributed by atoms with Crippen LogP contribution in [-0.2, 0) is 4.57 Å². The summed E-state index contributed by atoms with van der Waals surface area (Å²) in [6, 6.07) is 13.4. The molecule has 5 nitrogen and oxygen atoms in total. The second-order valence-corrected chi connectivity index (χ2v) is 9.31. The Morgan fingerprint density at radius 1 is 0.792 bits per heavy atom. The summed E-state index contributed by atoms with van der Waals surface area (Å²) in [5.41, 5.74) is 0. The number of hydrogen-bond donors (Lipinski definition) is 0. The van der Waals surface area contributed by atoms with Gasteiger partial charge < -0.3 is 18.5 Å². The molecule has 0 fully saturated rings. The number of halogens is 2. The number of methoxy groups -OCH3 is 2. The van der Waals surface area contributed by atoms with E-state index >= 15 is 0 Å². The van der Waals surface area contributed by atoms with Crippen LogP contribution < -0.4 is 18.5 Å². The Morgan fingerprint density at radius 2 is 1.12 bits per heavy atom. The summed E-state index contributed by atoms with van der Waals surface area (Å²) in [6.07, 6.45) is 0. The van der Waals surface area contributed by atoms with Gasteiger partial charge in [0.1, 0.15) is 0 Å². The van der Waals surface area contributed by atoms with Crippen LogP contribution in [0.4, 0.5) is 0 Å². The second kappa shape index (κ2) is 7.56. The molecule has 8 heteroatoms. The van der Waals surface area contributed by atoms with Gasteiger partial charge in [-0.05, 0) is 31.2 Å². The van der Waals surface area contributed by atoms with Crippen molar-refractivity contribution in [3.8, 4) is 23.0 Å². The Labute approximate surface area is 150 Å². The van der Waals surface area contributed by atoms with Gasteiger partial charge in [-0.15, -0.1) is 0 Å². The molecule has 0 atom stereocenters. The van der Waals surface area contributed by atoms with Crippen molar-refractivity contribution in [3.05, 3.63) is 48.5 Å². The lowest BCUT2D eigenvalue weighted by Gasteiger charge is -2.27. The van der Waals surface area contributed by atoms with Crippen molar-refractivity contribution in [1.29, 1.82) is 0 Å². The number of benzene rings is 2. The molecular formula is C16H17Cl2O5P. The normalized spacial score (nSPS) is 11.7. The van der Waals surface area contributed by atoms with E-state index in [-0.39, 0.29) is 11.5 Å². The first kappa shape index (κ1) is 18.8. The molecule has 0 aliphatic rings. The number of rotatable bonds is 7. The first-order valence-corrected chi connectivity index (χ1v) is 9.24. The molecule has 2 rings (SSSR count). The average Bonchev–Trinajstić information content (AvgIpc) is 2.54. The van der Waals surface area contributed by atoms with E-state index in [0.29, 0.717) is 11.5 Å². The number of para-hydroxylation sites is 4. The van der Waals surface area contributed by atoms with E-state index in [1.807, 2.05) is 0 Å². The Kier molecular flexibility index (Phi) is 5.92. The summed E-state index contributed by atoms with van der Waals surface area (Å²) >= 11 is 12.2. The summed E-state index contributed by atoms with van der Waals surface area (Å²) in [5.74, 6) is 1.15. The summed E-state index contributed by atoms with van der Waals surface area (Å²) in [4.78, 5) is 0. The van der Waals surface area contributed by atoms with Crippen LogP contribution in [-0.4, -0.2) is 18.3 Å². The molecule has 0 unspecified atom stereocenters. The first-order chi connectivity index (χ1) is 11.3. The molecule has 0 heterocycles. The average molecular weight is 391 g/mol. The van der Waals surface area contributed by atoms with E-state index in [0.717, 1.165) is 0 Å². The van der Waals surface area contributed by atoms with E-state index in [4.69, 9.17) is 41.7 Å². The first-order valence-electron chi connectivity index (χ1n) is 6.94. The quantitative estimate of drug-likeness (QED) is 0.461. The Morgan fingerprint density at radius 3 is 1.42 bits per heavy atom. The molecule has 2 aromatic rings. The molecule has 0 bridgehead atoms. The fourth-order valence-corrected chi connectivity index (χ4v) is 3.42. The van der Waals surface area contributed by atoms with Gasteiger partial charge in [0.15, 0.2) is 23.0 Å². The Hall–Kier alpha value is -1.55. The van der Waals surface area contributed by atoms with Crippen LogP contribution in [0.15, 0.2) is 48.5 Å². The molecule has 0 aromatic heterocycles. The van der Waals surface area contributed by atoms with Crippen LogP contribution in [0.3, 0.4) is 0 Å². The van der Waals surface area contributed by atoms with Gasteiger partial charge in [0.05, 0.1) is 14.2 Å². The van der Waals surface area contributed by atoms with Gasteiger partial charge >= 0.3 is 7.60 Å². The highest BCUT2D eigenvalue weighted by Crippen LogP contribution is 2.64. The van der Waals surface area contributed by atoms with Crippen LogP contribution in [0.25, 0.3) is 0 Å². The standard InChI is InChI=1S/C16H17Cl2O5P/c1-16(17,18)24(19,22-14-10-6-4-8-12(14)20-2)23-15-11-7-5-9-13(15)21-3/h4-11H,1-3H3. The maximum Gasteiger partial charge on any atom is 0.466 e. The van der Waals surface area contributed by atoms with Crippen molar-refractivity contribution < 1.29 is 23.1 Å². The second-order valence-electron chi connectivity index (χ2n) is 4.82. The molecule has 0 saturated heterocycles. The van der Waals surface area contributed by atoms with E-state index < -0.39 is 11.7 Å². The van der Waals surface area contributed by atoms with Gasteiger partial charge in [-0.3, -0.25) is 0 Å². The predicted molar refractivity (Wildman–Crippen MR) is 95.0 cm³/mol. The van der Waals surface area contributed by atoms with Crippen LogP contribution >= 0.6 is 30.8 Å². The highest BCUT2D eigenvalue weighted by molar-refractivity contribution is 7.60. The van der Waals surface area contributed by atoms with Crippen LogP contribution in [0.2, 0.25) is 0 Å². The highest BCUT2D eigenvalue weighted by Gasteiger charge is 2.49. The molecule has 2 aromatic carbocycles. The smallest absolute Gasteiger partial charge is 0.466 e. The molecule has 0 radical (unpaired) electrons. The molecular weight excluding hydrogens is 374 g/mol. The number of hydrogen-bond acceptors (Lipinski definition) is 5. The Bertz CT molecular complexity index is 692. The Balaban J connectivity index is 2.42. The van der Waals surface area contributed by atoms with Gasteiger partial charge in [0, 0.05) is 0 Å². The molecule has 0 aliphatic carbocycles. The van der Waals surface area contributed by atoms with Crippen LogP contribution in [0.1, 0.15) is 6.92 Å². The minimum Gasteiger partial charge on any atom is -0.493 e. The van der Waals surface area contributed by atoms with Crippen molar-refractivity contribution in [2.24, 2.45) is 0 Å². The fraction of sp³-hybridized carbons (Fsp3) is 0.250. The summed E-state index contributed by atoms with van der Waals surface area (Å²) in [6.45, 7) is 1.34. The van der Waals surface area contributed by atoms with Gasteiger partial charge in [0.2, 0.25) is 4.07 Å². The fourth-order valence-electron chi connectivity index (χ4n) is 1.83. The van der Waals surface area contributed by atoms with Gasteiger partial charge in [-0.25, -0.2) is 4.57 Å². The number of ether oxygens (including phenoxy) is 2. The molecule has 0 amide bonds. The van der Waals surface area contributed by atoms with E-state index in [2.05, 4.69) is 0 Å². The highest BCUT2D eigenvalue weighted by atomic mass is 35.5. The van der Waals surface area contributed by atoms with E-state index in [1.54, 1.807) is 48.5 Å². The van der Waals surface area contributed by atoms with Gasteiger partial charge in [-0.1, -0.05) is 47.5 Å². The third-order valence-corrected chi connectivity index (χ3v) is 6.13. The van der Waals surface area contributed by atoms with Crippen LogP contribution in [0, 0.1) is 0 Å². The molecule has 0 N–H and O–H groups in total. The van der Waals surface area contributed by atoms with Crippen molar-refractivity contribution >= 4 is 30.8 Å². The van der Waals surface area contributed by atoms with Crippen molar-refractivity contribution in [3.63, 3.8) is 0 Å². The zero-order valence-corrected chi connectivity index (χ0v) is 15.8. The number of alkyl halides is 2. The van der Waals surface area contributed by atoms with E-state index in [1.165, 1.54) is 21.1 Å². The molecule has 130 valence electrons. The largest absolute Gasteiger partial charge is 0.493 e. The lowest BCUT2D eigenvalue weighted by molar-refractivity contribution is 0.343. The maximum atomic E-state index is 13.3. The lowest BCUT2D eigenvalue weighted by Crippen LogP contribution is -2.18. The predicted octanol–water partition coefficient (Wildman–Crippen LogP) is 5.51. The van der Waals surface area contributed by atoms with Crippen molar-refractivity contribution in [2.75, 3.05) is 14.2 Å². The third kappa shape index (κ3) is 4.10. The monoisotopic (exact) mass is 390 g/mol. The van der Waals surface area contributed by atoms with E-state index in [9.17, 15) is 4.57 Å². The SMILES string of the molecule is COc1ccccc1OP(=O)(Oc1ccccc1OC)C(C)(Cl)Cl. The minimum absolute atomic E-state index is 0.200. The summed E-state index contributed by atoms with van der Waals surface area (Å²) in [7, 11) is -1.12. The summed E-state index contributed by atoms with van der Waals surface area (Å²) in [5, 5.41) is 0.